The molecule has 33 heavy (non-hydrogen) atoms. The Hall–Kier alpha value is -4.52. The molecule has 4 rings (SSSR count). The third-order valence-electron chi connectivity index (χ3n) is 4.84. The minimum absolute atomic E-state index is 0.0658. The molecule has 0 saturated carbocycles. The van der Waals surface area contributed by atoms with Gasteiger partial charge >= 0.3 is 0 Å². The lowest BCUT2D eigenvalue weighted by atomic mass is 10.0. The van der Waals surface area contributed by atoms with E-state index in [0.29, 0.717) is 34.1 Å². The van der Waals surface area contributed by atoms with Crippen LogP contribution in [0.1, 0.15) is 15.9 Å². The van der Waals surface area contributed by atoms with Crippen LogP contribution in [0.15, 0.2) is 91.0 Å². The Kier molecular flexibility index (Phi) is 6.70. The molecule has 1 heterocycles. The smallest absolute Gasteiger partial charge is 0.262 e. The predicted molar refractivity (Wildman–Crippen MR) is 124 cm³/mol. The van der Waals surface area contributed by atoms with E-state index in [1.807, 2.05) is 36.4 Å². The van der Waals surface area contributed by atoms with Crippen molar-refractivity contribution in [3.8, 4) is 22.9 Å². The molecule has 0 fully saturated rings. The van der Waals surface area contributed by atoms with Crippen LogP contribution in [0, 0.1) is 0 Å². The fourth-order valence-corrected chi connectivity index (χ4v) is 3.11. The number of hydrogen-bond acceptors (Lipinski definition) is 6. The van der Waals surface area contributed by atoms with Crippen molar-refractivity contribution in [3.63, 3.8) is 0 Å². The summed E-state index contributed by atoms with van der Waals surface area (Å²) in [7, 11) is 1.53. The molecule has 7 heteroatoms. The van der Waals surface area contributed by atoms with Gasteiger partial charge in [-0.15, -0.1) is 10.2 Å². The minimum atomic E-state index is -0.295. The van der Waals surface area contributed by atoms with Crippen molar-refractivity contribution in [1.29, 1.82) is 0 Å². The predicted octanol–water partition coefficient (Wildman–Crippen LogP) is 4.40. The molecular formula is C26H21N3O4. The maximum atomic E-state index is 12.5. The van der Waals surface area contributed by atoms with E-state index in [0.717, 1.165) is 5.56 Å². The van der Waals surface area contributed by atoms with Gasteiger partial charge in [-0.1, -0.05) is 42.5 Å². The first-order valence-electron chi connectivity index (χ1n) is 10.2. The van der Waals surface area contributed by atoms with E-state index in [2.05, 4.69) is 15.5 Å². The van der Waals surface area contributed by atoms with Crippen LogP contribution in [0.4, 0.5) is 5.69 Å². The number of nitrogens with one attached hydrogen (secondary N) is 1. The van der Waals surface area contributed by atoms with E-state index in [9.17, 15) is 9.59 Å². The van der Waals surface area contributed by atoms with Crippen LogP contribution in [0.25, 0.3) is 11.3 Å². The fourth-order valence-electron chi connectivity index (χ4n) is 3.11. The number of ketones is 1. The van der Waals surface area contributed by atoms with Gasteiger partial charge in [-0.05, 0) is 42.5 Å². The van der Waals surface area contributed by atoms with Crippen molar-refractivity contribution in [1.82, 2.24) is 10.2 Å². The van der Waals surface area contributed by atoms with Gasteiger partial charge in [0.15, 0.2) is 12.4 Å². The van der Waals surface area contributed by atoms with Crippen molar-refractivity contribution < 1.29 is 19.1 Å². The molecule has 0 aliphatic carbocycles. The van der Waals surface area contributed by atoms with Gasteiger partial charge in [0.1, 0.15) is 5.75 Å². The zero-order valence-electron chi connectivity index (χ0n) is 17.9. The van der Waals surface area contributed by atoms with Crippen molar-refractivity contribution in [2.45, 2.75) is 0 Å². The van der Waals surface area contributed by atoms with E-state index in [-0.39, 0.29) is 18.3 Å². The van der Waals surface area contributed by atoms with Gasteiger partial charge in [0.05, 0.1) is 12.8 Å². The summed E-state index contributed by atoms with van der Waals surface area (Å²) >= 11 is 0. The number of amides is 1. The lowest BCUT2D eigenvalue weighted by Crippen LogP contribution is -2.20. The van der Waals surface area contributed by atoms with Gasteiger partial charge in [-0.25, -0.2) is 0 Å². The second kappa shape index (κ2) is 10.2. The summed E-state index contributed by atoms with van der Waals surface area (Å²) in [6, 6.07) is 26.6. The summed E-state index contributed by atoms with van der Waals surface area (Å²) in [6.45, 7) is -0.155. The van der Waals surface area contributed by atoms with E-state index in [1.54, 1.807) is 54.6 Å². The Morgan fingerprint density at radius 1 is 0.788 bits per heavy atom. The Labute approximate surface area is 191 Å². The number of anilines is 1. The highest BCUT2D eigenvalue weighted by Crippen LogP contribution is 2.20. The van der Waals surface area contributed by atoms with Crippen LogP contribution in [0.3, 0.4) is 0 Å². The van der Waals surface area contributed by atoms with Gasteiger partial charge in [-0.2, -0.15) is 0 Å². The Morgan fingerprint density at radius 3 is 2.12 bits per heavy atom. The lowest BCUT2D eigenvalue weighted by Gasteiger charge is -2.09. The largest absolute Gasteiger partial charge is 0.484 e. The molecule has 0 radical (unpaired) electrons. The van der Waals surface area contributed by atoms with Gasteiger partial charge in [0.25, 0.3) is 5.91 Å². The zero-order valence-corrected chi connectivity index (χ0v) is 17.9. The average Bonchev–Trinajstić information content (AvgIpc) is 2.88. The van der Waals surface area contributed by atoms with Crippen molar-refractivity contribution in [2.24, 2.45) is 0 Å². The second-order valence-electron chi connectivity index (χ2n) is 7.09. The summed E-state index contributed by atoms with van der Waals surface area (Å²) in [5, 5.41) is 10.8. The quantitative estimate of drug-likeness (QED) is 0.409. The number of carbonyl (C=O) groups is 2. The molecule has 0 aliphatic heterocycles. The molecule has 7 nitrogen and oxygen atoms in total. The van der Waals surface area contributed by atoms with Gasteiger partial charge < -0.3 is 14.8 Å². The Morgan fingerprint density at radius 2 is 1.48 bits per heavy atom. The molecule has 1 aromatic heterocycles. The SMILES string of the molecule is COc1ccc(-c2ccc(NC(=O)COc3ccc(C(=O)c4ccccc4)cc3)cc2)nn1. The highest BCUT2D eigenvalue weighted by molar-refractivity contribution is 6.09. The molecule has 164 valence electrons. The van der Waals surface area contributed by atoms with Crippen molar-refractivity contribution in [2.75, 3.05) is 19.0 Å². The highest BCUT2D eigenvalue weighted by Gasteiger charge is 2.09. The number of ether oxygens (including phenoxy) is 2. The van der Waals surface area contributed by atoms with Crippen LogP contribution >= 0.6 is 0 Å². The standard InChI is InChI=1S/C26H21N3O4/c1-32-25-16-15-23(28-29-25)18-7-11-21(12-8-18)27-24(30)17-33-22-13-9-20(10-14-22)26(31)19-5-3-2-4-6-19/h2-16H,17H2,1H3,(H,27,30). The summed E-state index contributed by atoms with van der Waals surface area (Å²) in [6.07, 6.45) is 0. The van der Waals surface area contributed by atoms with Crippen LogP contribution in [0.2, 0.25) is 0 Å². The minimum Gasteiger partial charge on any atom is -0.484 e. The number of carbonyl (C=O) groups excluding carboxylic acids is 2. The first-order valence-corrected chi connectivity index (χ1v) is 10.2. The molecule has 0 spiro atoms. The molecule has 3 aromatic carbocycles. The number of nitrogens with zero attached hydrogens (tertiary/aromatic N) is 2. The Balaban J connectivity index is 1.29. The number of benzene rings is 3. The van der Waals surface area contributed by atoms with E-state index < -0.39 is 0 Å². The monoisotopic (exact) mass is 439 g/mol. The summed E-state index contributed by atoms with van der Waals surface area (Å²) in [5.74, 6) is 0.587. The topological polar surface area (TPSA) is 90.4 Å². The van der Waals surface area contributed by atoms with E-state index >= 15 is 0 Å². The van der Waals surface area contributed by atoms with Gasteiger partial charge in [0, 0.05) is 28.4 Å². The fraction of sp³-hybridized carbons (Fsp3) is 0.0769. The number of methoxy groups -OCH3 is 1. The van der Waals surface area contributed by atoms with Crippen molar-refractivity contribution >= 4 is 17.4 Å². The molecule has 4 aromatic rings. The molecule has 0 aliphatic rings. The first-order chi connectivity index (χ1) is 16.1. The first kappa shape index (κ1) is 21.7. The van der Waals surface area contributed by atoms with Crippen LogP contribution < -0.4 is 14.8 Å². The van der Waals surface area contributed by atoms with Crippen LogP contribution in [-0.4, -0.2) is 35.6 Å². The van der Waals surface area contributed by atoms with Crippen LogP contribution in [0.5, 0.6) is 11.6 Å². The lowest BCUT2D eigenvalue weighted by molar-refractivity contribution is -0.118. The highest BCUT2D eigenvalue weighted by atomic mass is 16.5. The number of rotatable bonds is 8. The summed E-state index contributed by atoms with van der Waals surface area (Å²) < 4.78 is 10.6. The molecule has 1 amide bonds. The van der Waals surface area contributed by atoms with Gasteiger partial charge in [-0.3, -0.25) is 9.59 Å². The maximum Gasteiger partial charge on any atom is 0.262 e. The second-order valence-corrected chi connectivity index (χ2v) is 7.09. The molecular weight excluding hydrogens is 418 g/mol. The number of aromatic nitrogens is 2. The third kappa shape index (κ3) is 5.59. The molecule has 0 saturated heterocycles. The van der Waals surface area contributed by atoms with E-state index in [1.165, 1.54) is 7.11 Å². The molecule has 0 atom stereocenters. The summed E-state index contributed by atoms with van der Waals surface area (Å²) in [4.78, 5) is 24.7. The molecule has 0 bridgehead atoms. The van der Waals surface area contributed by atoms with Crippen LogP contribution in [-0.2, 0) is 4.79 Å². The normalized spacial score (nSPS) is 10.3. The number of hydrogen-bond donors (Lipinski definition) is 1. The molecule has 0 unspecified atom stereocenters. The maximum absolute atomic E-state index is 12.5. The zero-order chi connectivity index (χ0) is 23.0. The van der Waals surface area contributed by atoms with Crippen molar-refractivity contribution in [3.05, 3.63) is 102 Å². The summed E-state index contributed by atoms with van der Waals surface area (Å²) in [5.41, 5.74) is 3.38. The Bertz CT molecular complexity index is 1220. The van der Waals surface area contributed by atoms with E-state index in [4.69, 9.17) is 9.47 Å². The third-order valence-corrected chi connectivity index (χ3v) is 4.84. The average molecular weight is 439 g/mol. The van der Waals surface area contributed by atoms with Gasteiger partial charge in [0.2, 0.25) is 5.88 Å². The molecule has 1 N–H and O–H groups in total.